The van der Waals surface area contributed by atoms with Gasteiger partial charge in [0.1, 0.15) is 5.76 Å². The average Bonchev–Trinajstić information content (AvgIpc) is 2.94. The fourth-order valence-corrected chi connectivity index (χ4v) is 2.68. The van der Waals surface area contributed by atoms with Crippen molar-refractivity contribution < 1.29 is 4.42 Å². The van der Waals surface area contributed by atoms with Gasteiger partial charge in [-0.3, -0.25) is 9.88 Å². The molecule has 18 heavy (non-hydrogen) atoms. The van der Waals surface area contributed by atoms with E-state index < -0.39 is 0 Å². The van der Waals surface area contributed by atoms with Crippen LogP contribution in [0.3, 0.4) is 0 Å². The van der Waals surface area contributed by atoms with Crippen LogP contribution in [0.1, 0.15) is 36.8 Å². The Morgan fingerprint density at radius 3 is 3.00 bits per heavy atom. The van der Waals surface area contributed by atoms with E-state index in [-0.39, 0.29) is 0 Å². The summed E-state index contributed by atoms with van der Waals surface area (Å²) in [6.45, 7) is 2.04. The van der Waals surface area contributed by atoms with Crippen LogP contribution in [0.4, 0.5) is 0 Å². The molecule has 0 amide bonds. The first-order valence-corrected chi connectivity index (χ1v) is 6.61. The third-order valence-electron chi connectivity index (χ3n) is 3.58. The summed E-state index contributed by atoms with van der Waals surface area (Å²) < 4.78 is 5.58. The van der Waals surface area contributed by atoms with E-state index in [0.29, 0.717) is 6.04 Å². The molecule has 0 aromatic carbocycles. The first-order valence-electron chi connectivity index (χ1n) is 6.61. The van der Waals surface area contributed by atoms with Crippen molar-refractivity contribution in [1.29, 1.82) is 0 Å². The smallest absolute Gasteiger partial charge is 0.120 e. The Hall–Kier alpha value is -1.61. The van der Waals surface area contributed by atoms with Gasteiger partial charge in [0, 0.05) is 12.7 Å². The summed E-state index contributed by atoms with van der Waals surface area (Å²) in [5, 5.41) is 0. The van der Waals surface area contributed by atoms with Crippen LogP contribution in [0, 0.1) is 0 Å². The van der Waals surface area contributed by atoms with Crippen LogP contribution in [0.25, 0.3) is 0 Å². The average molecular weight is 242 g/mol. The maximum atomic E-state index is 5.58. The first kappa shape index (κ1) is 11.5. The number of aromatic nitrogens is 1. The first-order chi connectivity index (χ1) is 8.93. The Kier molecular flexibility index (Phi) is 3.42. The summed E-state index contributed by atoms with van der Waals surface area (Å²) in [6, 6.07) is 10.6. The van der Waals surface area contributed by atoms with Crippen LogP contribution in [0.15, 0.2) is 47.2 Å². The third kappa shape index (κ3) is 2.46. The molecule has 0 aliphatic carbocycles. The van der Waals surface area contributed by atoms with Crippen molar-refractivity contribution in [2.75, 3.05) is 6.54 Å². The number of piperidine rings is 1. The minimum atomic E-state index is 0.413. The molecule has 2 aromatic heterocycles. The summed E-state index contributed by atoms with van der Waals surface area (Å²) in [6.07, 6.45) is 7.36. The van der Waals surface area contributed by atoms with Gasteiger partial charge < -0.3 is 4.42 Å². The SMILES string of the molecule is c1ccc(CN2CCCCC2c2ccco2)nc1. The van der Waals surface area contributed by atoms with Gasteiger partial charge in [-0.05, 0) is 43.7 Å². The molecule has 3 heteroatoms. The maximum Gasteiger partial charge on any atom is 0.120 e. The molecular weight excluding hydrogens is 224 g/mol. The Bertz CT molecular complexity index is 467. The fourth-order valence-electron chi connectivity index (χ4n) is 2.68. The van der Waals surface area contributed by atoms with Gasteiger partial charge in [-0.25, -0.2) is 0 Å². The lowest BCUT2D eigenvalue weighted by Crippen LogP contribution is -2.32. The molecule has 1 atom stereocenters. The van der Waals surface area contributed by atoms with E-state index in [1.807, 2.05) is 24.4 Å². The van der Waals surface area contributed by atoms with E-state index in [1.165, 1.54) is 19.3 Å². The van der Waals surface area contributed by atoms with Crippen LogP contribution in [0.2, 0.25) is 0 Å². The summed E-state index contributed by atoms with van der Waals surface area (Å²) >= 11 is 0. The van der Waals surface area contributed by atoms with Crippen molar-refractivity contribution >= 4 is 0 Å². The Balaban J connectivity index is 1.76. The lowest BCUT2D eigenvalue weighted by molar-refractivity contribution is 0.120. The number of pyridine rings is 1. The van der Waals surface area contributed by atoms with Crippen molar-refractivity contribution in [2.45, 2.75) is 31.8 Å². The van der Waals surface area contributed by atoms with Crippen molar-refractivity contribution in [3.63, 3.8) is 0 Å². The monoisotopic (exact) mass is 242 g/mol. The molecule has 1 saturated heterocycles. The summed E-state index contributed by atoms with van der Waals surface area (Å²) in [7, 11) is 0. The second-order valence-electron chi connectivity index (χ2n) is 4.82. The number of rotatable bonds is 3. The molecule has 94 valence electrons. The predicted octanol–water partition coefficient (Wildman–Crippen LogP) is 3.40. The number of hydrogen-bond acceptors (Lipinski definition) is 3. The number of hydrogen-bond donors (Lipinski definition) is 0. The molecule has 3 rings (SSSR count). The van der Waals surface area contributed by atoms with E-state index >= 15 is 0 Å². The Morgan fingerprint density at radius 2 is 2.22 bits per heavy atom. The number of nitrogens with zero attached hydrogens (tertiary/aromatic N) is 2. The molecule has 2 aromatic rings. The number of likely N-dealkylation sites (tertiary alicyclic amines) is 1. The van der Waals surface area contributed by atoms with Gasteiger partial charge in [0.25, 0.3) is 0 Å². The molecule has 0 radical (unpaired) electrons. The van der Waals surface area contributed by atoms with Crippen molar-refractivity contribution in [3.05, 3.63) is 54.2 Å². The van der Waals surface area contributed by atoms with Gasteiger partial charge in [-0.2, -0.15) is 0 Å². The van der Waals surface area contributed by atoms with Crippen molar-refractivity contribution in [1.82, 2.24) is 9.88 Å². The highest BCUT2D eigenvalue weighted by atomic mass is 16.3. The van der Waals surface area contributed by atoms with Gasteiger partial charge in [0.05, 0.1) is 18.0 Å². The van der Waals surface area contributed by atoms with Crippen molar-refractivity contribution in [3.8, 4) is 0 Å². The second-order valence-corrected chi connectivity index (χ2v) is 4.82. The van der Waals surface area contributed by atoms with Gasteiger partial charge in [0.15, 0.2) is 0 Å². The largest absolute Gasteiger partial charge is 0.468 e. The lowest BCUT2D eigenvalue weighted by atomic mass is 10.00. The van der Waals surface area contributed by atoms with E-state index in [2.05, 4.69) is 22.0 Å². The molecule has 3 nitrogen and oxygen atoms in total. The molecule has 0 bridgehead atoms. The highest BCUT2D eigenvalue weighted by Gasteiger charge is 2.25. The molecule has 1 aliphatic rings. The standard InChI is InChI=1S/C15H18N2O/c1-3-9-16-13(6-1)12-17-10-4-2-7-14(17)15-8-5-11-18-15/h1,3,5-6,8-9,11,14H,2,4,7,10,12H2. The third-order valence-corrected chi connectivity index (χ3v) is 3.58. The van der Waals surface area contributed by atoms with E-state index in [4.69, 9.17) is 4.42 Å². The van der Waals surface area contributed by atoms with Crippen LogP contribution < -0.4 is 0 Å². The zero-order valence-electron chi connectivity index (χ0n) is 10.5. The fraction of sp³-hybridized carbons (Fsp3) is 0.400. The van der Waals surface area contributed by atoms with Gasteiger partial charge >= 0.3 is 0 Å². The molecule has 1 unspecified atom stereocenters. The zero-order valence-corrected chi connectivity index (χ0v) is 10.5. The molecular formula is C15H18N2O. The summed E-state index contributed by atoms with van der Waals surface area (Å²) in [4.78, 5) is 6.89. The van der Waals surface area contributed by atoms with Crippen LogP contribution in [-0.4, -0.2) is 16.4 Å². The van der Waals surface area contributed by atoms with E-state index in [1.54, 1.807) is 6.26 Å². The van der Waals surface area contributed by atoms with E-state index in [0.717, 1.165) is 24.5 Å². The minimum absolute atomic E-state index is 0.413. The van der Waals surface area contributed by atoms with Crippen LogP contribution in [-0.2, 0) is 6.54 Å². The quantitative estimate of drug-likeness (QED) is 0.826. The van der Waals surface area contributed by atoms with Crippen LogP contribution >= 0.6 is 0 Å². The molecule has 3 heterocycles. The Labute approximate surface area is 107 Å². The maximum absolute atomic E-state index is 5.58. The lowest BCUT2D eigenvalue weighted by Gasteiger charge is -2.34. The molecule has 1 aliphatic heterocycles. The number of furan rings is 1. The van der Waals surface area contributed by atoms with E-state index in [9.17, 15) is 0 Å². The minimum Gasteiger partial charge on any atom is -0.468 e. The second kappa shape index (κ2) is 5.36. The molecule has 0 spiro atoms. The van der Waals surface area contributed by atoms with Gasteiger partial charge in [0.2, 0.25) is 0 Å². The zero-order chi connectivity index (χ0) is 12.2. The molecule has 0 N–H and O–H groups in total. The Morgan fingerprint density at radius 1 is 1.22 bits per heavy atom. The topological polar surface area (TPSA) is 29.3 Å². The molecule has 1 fully saturated rings. The molecule has 0 saturated carbocycles. The predicted molar refractivity (Wildman–Crippen MR) is 69.9 cm³/mol. The summed E-state index contributed by atoms with van der Waals surface area (Å²) in [5.41, 5.74) is 1.14. The van der Waals surface area contributed by atoms with Crippen molar-refractivity contribution in [2.24, 2.45) is 0 Å². The normalized spacial score (nSPS) is 21.0. The van der Waals surface area contributed by atoms with Gasteiger partial charge in [-0.1, -0.05) is 12.5 Å². The summed E-state index contributed by atoms with van der Waals surface area (Å²) in [5.74, 6) is 1.09. The van der Waals surface area contributed by atoms with Crippen LogP contribution in [0.5, 0.6) is 0 Å². The highest BCUT2D eigenvalue weighted by Crippen LogP contribution is 2.31. The van der Waals surface area contributed by atoms with Gasteiger partial charge in [-0.15, -0.1) is 0 Å². The highest BCUT2D eigenvalue weighted by molar-refractivity contribution is 5.08.